The smallest absolute Gasteiger partial charge is 0.330 e. The number of hydrogen-bond donors (Lipinski definition) is 1. The van der Waals surface area contributed by atoms with E-state index in [-0.39, 0.29) is 12.4 Å². The van der Waals surface area contributed by atoms with Crippen molar-refractivity contribution in [2.24, 2.45) is 0 Å². The van der Waals surface area contributed by atoms with Gasteiger partial charge in [-0.15, -0.1) is 0 Å². The highest BCUT2D eigenvalue weighted by atomic mass is 16.7. The molecule has 6 nitrogen and oxygen atoms in total. The Labute approximate surface area is 79.1 Å². The Hall–Kier alpha value is -1.40. The third kappa shape index (κ3) is 1.49. The molecule has 1 N–H and O–H groups in total. The minimum absolute atomic E-state index is 0.176. The van der Waals surface area contributed by atoms with E-state index in [9.17, 15) is 9.59 Å². The molecule has 0 saturated carbocycles. The molecule has 0 spiro atoms. The molecule has 1 atom stereocenters. The van der Waals surface area contributed by atoms with Crippen LogP contribution in [0.25, 0.3) is 0 Å². The molecule has 0 bridgehead atoms. The van der Waals surface area contributed by atoms with Crippen molar-refractivity contribution in [1.29, 1.82) is 0 Å². The SMILES string of the molecule is Cc1cn(C2COCO2)c(=O)[nH]c1=O. The number of hydrogen-bond acceptors (Lipinski definition) is 4. The first-order valence-electron chi connectivity index (χ1n) is 4.20. The maximum atomic E-state index is 11.4. The minimum atomic E-state index is -0.476. The van der Waals surface area contributed by atoms with Crippen LogP contribution >= 0.6 is 0 Å². The van der Waals surface area contributed by atoms with Gasteiger partial charge in [-0.1, -0.05) is 0 Å². The standard InChI is InChI=1S/C8H10N2O4/c1-5-2-10(6-3-13-4-14-6)8(12)9-7(5)11/h2,6H,3-4H2,1H3,(H,9,11,12). The molecule has 2 rings (SSSR count). The number of rotatable bonds is 1. The van der Waals surface area contributed by atoms with Crippen LogP contribution in [0, 0.1) is 6.92 Å². The van der Waals surface area contributed by atoms with Gasteiger partial charge < -0.3 is 9.47 Å². The van der Waals surface area contributed by atoms with Gasteiger partial charge >= 0.3 is 5.69 Å². The number of aromatic nitrogens is 2. The van der Waals surface area contributed by atoms with E-state index in [4.69, 9.17) is 9.47 Å². The summed E-state index contributed by atoms with van der Waals surface area (Å²) in [5, 5.41) is 0. The van der Waals surface area contributed by atoms with Crippen molar-refractivity contribution in [3.8, 4) is 0 Å². The van der Waals surface area contributed by atoms with Crippen molar-refractivity contribution in [2.45, 2.75) is 13.2 Å². The Morgan fingerprint density at radius 3 is 3.00 bits per heavy atom. The van der Waals surface area contributed by atoms with Gasteiger partial charge in [0, 0.05) is 11.8 Å². The van der Waals surface area contributed by atoms with E-state index in [2.05, 4.69) is 4.98 Å². The minimum Gasteiger partial charge on any atom is -0.351 e. The first-order chi connectivity index (χ1) is 6.68. The predicted octanol–water partition coefficient (Wildman–Crippen LogP) is -0.652. The zero-order valence-corrected chi connectivity index (χ0v) is 7.65. The molecular formula is C8H10N2O4. The predicted molar refractivity (Wildman–Crippen MR) is 47.0 cm³/mol. The summed E-state index contributed by atoms with van der Waals surface area (Å²) in [5.41, 5.74) is -0.374. The first-order valence-corrected chi connectivity index (χ1v) is 4.20. The molecule has 1 fully saturated rings. The van der Waals surface area contributed by atoms with Crippen LogP contribution in [0.4, 0.5) is 0 Å². The molecule has 14 heavy (non-hydrogen) atoms. The summed E-state index contributed by atoms with van der Waals surface area (Å²) in [6.07, 6.45) is 1.04. The average Bonchev–Trinajstić information content (AvgIpc) is 2.64. The highest BCUT2D eigenvalue weighted by Crippen LogP contribution is 2.12. The summed E-state index contributed by atoms with van der Waals surface area (Å²) in [6, 6.07) is 0. The van der Waals surface area contributed by atoms with E-state index < -0.39 is 11.9 Å². The number of ether oxygens (including phenoxy) is 2. The van der Waals surface area contributed by atoms with Crippen molar-refractivity contribution >= 4 is 0 Å². The molecule has 2 heterocycles. The molecule has 1 aliphatic rings. The molecule has 0 aromatic carbocycles. The molecule has 1 aliphatic heterocycles. The van der Waals surface area contributed by atoms with Crippen LogP contribution in [0.5, 0.6) is 0 Å². The molecule has 1 saturated heterocycles. The first kappa shape index (κ1) is 9.17. The molecule has 1 unspecified atom stereocenters. The Balaban J connectivity index is 2.47. The molecule has 6 heteroatoms. The fourth-order valence-electron chi connectivity index (χ4n) is 1.28. The summed E-state index contributed by atoms with van der Waals surface area (Å²) in [4.78, 5) is 24.6. The molecule has 1 aromatic heterocycles. The number of aryl methyl sites for hydroxylation is 1. The van der Waals surface area contributed by atoms with Crippen molar-refractivity contribution in [3.63, 3.8) is 0 Å². The molecule has 0 amide bonds. The quantitative estimate of drug-likeness (QED) is 0.650. The summed E-state index contributed by atoms with van der Waals surface area (Å²) < 4.78 is 11.4. The largest absolute Gasteiger partial charge is 0.351 e. The monoisotopic (exact) mass is 198 g/mol. The van der Waals surface area contributed by atoms with Crippen molar-refractivity contribution in [3.05, 3.63) is 32.6 Å². The fourth-order valence-corrected chi connectivity index (χ4v) is 1.28. The summed E-state index contributed by atoms with van der Waals surface area (Å²) in [6.45, 7) is 2.13. The van der Waals surface area contributed by atoms with Gasteiger partial charge in [0.25, 0.3) is 5.56 Å². The van der Waals surface area contributed by atoms with E-state index >= 15 is 0 Å². The van der Waals surface area contributed by atoms with Crippen LogP contribution in [0.3, 0.4) is 0 Å². The highest BCUT2D eigenvalue weighted by Gasteiger charge is 2.19. The topological polar surface area (TPSA) is 73.3 Å². The molecule has 0 radical (unpaired) electrons. The molecular weight excluding hydrogens is 188 g/mol. The maximum absolute atomic E-state index is 11.4. The van der Waals surface area contributed by atoms with Crippen LogP contribution in [0.2, 0.25) is 0 Å². The van der Waals surface area contributed by atoms with Crippen molar-refractivity contribution in [1.82, 2.24) is 9.55 Å². The van der Waals surface area contributed by atoms with E-state index in [0.29, 0.717) is 12.2 Å². The van der Waals surface area contributed by atoms with E-state index in [0.717, 1.165) is 0 Å². The lowest BCUT2D eigenvalue weighted by Gasteiger charge is -2.10. The Morgan fingerprint density at radius 1 is 1.57 bits per heavy atom. The van der Waals surface area contributed by atoms with Crippen molar-refractivity contribution < 1.29 is 9.47 Å². The summed E-state index contributed by atoms with van der Waals surface area (Å²) in [5.74, 6) is 0. The van der Waals surface area contributed by atoms with E-state index in [1.165, 1.54) is 10.8 Å². The Bertz CT molecular complexity index is 441. The van der Waals surface area contributed by atoms with Gasteiger partial charge in [0.1, 0.15) is 6.79 Å². The van der Waals surface area contributed by atoms with Gasteiger partial charge in [0.05, 0.1) is 6.61 Å². The van der Waals surface area contributed by atoms with Crippen LogP contribution in [0.1, 0.15) is 11.8 Å². The van der Waals surface area contributed by atoms with Gasteiger partial charge in [0.15, 0.2) is 6.23 Å². The summed E-state index contributed by atoms with van der Waals surface area (Å²) >= 11 is 0. The second kappa shape index (κ2) is 3.39. The average molecular weight is 198 g/mol. The van der Waals surface area contributed by atoms with Gasteiger partial charge in [-0.2, -0.15) is 0 Å². The third-order valence-corrected chi connectivity index (χ3v) is 2.06. The van der Waals surface area contributed by atoms with Gasteiger partial charge in [-0.3, -0.25) is 14.3 Å². The van der Waals surface area contributed by atoms with Crippen LogP contribution in [0.15, 0.2) is 15.8 Å². The Morgan fingerprint density at radius 2 is 2.36 bits per heavy atom. The second-order valence-electron chi connectivity index (χ2n) is 3.09. The lowest BCUT2D eigenvalue weighted by atomic mass is 10.4. The zero-order valence-electron chi connectivity index (χ0n) is 7.65. The number of aromatic amines is 1. The lowest BCUT2D eigenvalue weighted by molar-refractivity contribution is 0.0214. The third-order valence-electron chi connectivity index (χ3n) is 2.06. The van der Waals surface area contributed by atoms with Crippen LogP contribution in [-0.2, 0) is 9.47 Å². The zero-order chi connectivity index (χ0) is 10.1. The van der Waals surface area contributed by atoms with Gasteiger partial charge in [0.2, 0.25) is 0 Å². The Kier molecular flexibility index (Phi) is 2.22. The highest BCUT2D eigenvalue weighted by molar-refractivity contribution is 5.01. The molecule has 1 aromatic rings. The van der Waals surface area contributed by atoms with Crippen LogP contribution < -0.4 is 11.2 Å². The maximum Gasteiger partial charge on any atom is 0.330 e. The number of nitrogens with zero attached hydrogens (tertiary/aromatic N) is 1. The number of nitrogens with one attached hydrogen (secondary N) is 1. The second-order valence-corrected chi connectivity index (χ2v) is 3.09. The van der Waals surface area contributed by atoms with Crippen LogP contribution in [-0.4, -0.2) is 23.0 Å². The normalized spacial score (nSPS) is 21.4. The number of H-pyrrole nitrogens is 1. The van der Waals surface area contributed by atoms with Crippen molar-refractivity contribution in [2.75, 3.05) is 13.4 Å². The van der Waals surface area contributed by atoms with Gasteiger partial charge in [-0.05, 0) is 6.92 Å². The molecule has 76 valence electrons. The lowest BCUT2D eigenvalue weighted by Crippen LogP contribution is -2.33. The van der Waals surface area contributed by atoms with E-state index in [1.807, 2.05) is 0 Å². The van der Waals surface area contributed by atoms with E-state index in [1.54, 1.807) is 6.92 Å². The molecule has 0 aliphatic carbocycles. The summed E-state index contributed by atoms with van der Waals surface area (Å²) in [7, 11) is 0. The van der Waals surface area contributed by atoms with Gasteiger partial charge in [-0.25, -0.2) is 4.79 Å². The fraction of sp³-hybridized carbons (Fsp3) is 0.500.